The molecule has 0 aliphatic carbocycles. The van der Waals surface area contributed by atoms with E-state index in [1.807, 2.05) is 0 Å². The van der Waals surface area contributed by atoms with Crippen molar-refractivity contribution >= 4 is 9.24 Å². The molecule has 0 saturated heterocycles. The van der Waals surface area contributed by atoms with Crippen LogP contribution in [-0.2, 0) is 0 Å². The molecule has 0 amide bonds. The summed E-state index contributed by atoms with van der Waals surface area (Å²) in [4.78, 5) is 0. The molecule has 0 aromatic heterocycles. The van der Waals surface area contributed by atoms with Crippen molar-refractivity contribution < 1.29 is 0 Å². The SMILES string of the molecule is CCCCCCC(CCC)C(P)(CCCCC)CCCCC. The van der Waals surface area contributed by atoms with Gasteiger partial charge in [0.1, 0.15) is 0 Å². The first kappa shape index (κ1) is 22.4. The Morgan fingerprint density at radius 2 is 1.09 bits per heavy atom. The van der Waals surface area contributed by atoms with Crippen molar-refractivity contribution in [1.29, 1.82) is 0 Å². The molecule has 134 valence electrons. The summed E-state index contributed by atoms with van der Waals surface area (Å²) in [7, 11) is 3.37. The van der Waals surface area contributed by atoms with Gasteiger partial charge in [0.05, 0.1) is 0 Å². The Labute approximate surface area is 144 Å². The molecule has 0 rings (SSSR count). The molecule has 0 aliphatic rings. The summed E-state index contributed by atoms with van der Waals surface area (Å²) in [5.41, 5.74) is 0. The Kier molecular flexibility index (Phi) is 15.3. The summed E-state index contributed by atoms with van der Waals surface area (Å²) in [5.74, 6) is 0.938. The zero-order valence-corrected chi connectivity index (χ0v) is 17.4. The molecule has 0 bridgehead atoms. The molecular formula is C21H45P. The van der Waals surface area contributed by atoms with Gasteiger partial charge in [-0.3, -0.25) is 0 Å². The monoisotopic (exact) mass is 328 g/mol. The summed E-state index contributed by atoms with van der Waals surface area (Å²) >= 11 is 0. The van der Waals surface area contributed by atoms with E-state index in [0.717, 1.165) is 5.92 Å². The fourth-order valence-corrected chi connectivity index (χ4v) is 4.57. The van der Waals surface area contributed by atoms with Crippen LogP contribution in [0.15, 0.2) is 0 Å². The van der Waals surface area contributed by atoms with Crippen LogP contribution >= 0.6 is 9.24 Å². The minimum absolute atomic E-state index is 0.534. The smallest absolute Gasteiger partial charge is 0.0122 e. The fourth-order valence-electron chi connectivity index (χ4n) is 3.83. The van der Waals surface area contributed by atoms with E-state index in [1.165, 1.54) is 96.3 Å². The highest BCUT2D eigenvalue weighted by atomic mass is 31.0. The standard InChI is InChI=1S/C21H45P/c1-5-9-12-13-17-20(16-8-4)21(22,18-14-10-6-2)19-15-11-7-3/h20H,5-19,22H2,1-4H3. The van der Waals surface area contributed by atoms with Crippen LogP contribution in [0.4, 0.5) is 0 Å². The lowest BCUT2D eigenvalue weighted by atomic mass is 9.77. The predicted molar refractivity (Wildman–Crippen MR) is 108 cm³/mol. The Hall–Kier alpha value is 0.430. The topological polar surface area (TPSA) is 0 Å². The van der Waals surface area contributed by atoms with Gasteiger partial charge in [-0.05, 0) is 36.8 Å². The molecule has 0 aliphatic heterocycles. The van der Waals surface area contributed by atoms with Gasteiger partial charge in [0.2, 0.25) is 0 Å². The van der Waals surface area contributed by atoms with Gasteiger partial charge >= 0.3 is 0 Å². The van der Waals surface area contributed by atoms with E-state index in [9.17, 15) is 0 Å². The van der Waals surface area contributed by atoms with Gasteiger partial charge in [0, 0.05) is 0 Å². The van der Waals surface area contributed by atoms with Crippen LogP contribution in [0, 0.1) is 5.92 Å². The number of hydrogen-bond donors (Lipinski definition) is 0. The van der Waals surface area contributed by atoms with Gasteiger partial charge in [-0.15, -0.1) is 9.24 Å². The molecule has 0 nitrogen and oxygen atoms in total. The predicted octanol–water partition coefficient (Wildman–Crippen LogP) is 8.15. The lowest BCUT2D eigenvalue weighted by molar-refractivity contribution is 0.276. The molecule has 0 N–H and O–H groups in total. The molecule has 0 radical (unpaired) electrons. The molecule has 1 heteroatoms. The number of unbranched alkanes of at least 4 members (excludes halogenated alkanes) is 7. The largest absolute Gasteiger partial charge is 0.131 e. The van der Waals surface area contributed by atoms with Crippen molar-refractivity contribution in [3.05, 3.63) is 0 Å². The van der Waals surface area contributed by atoms with Crippen LogP contribution in [0.5, 0.6) is 0 Å². The van der Waals surface area contributed by atoms with Gasteiger partial charge in [-0.1, -0.05) is 98.3 Å². The van der Waals surface area contributed by atoms with E-state index >= 15 is 0 Å². The summed E-state index contributed by atoms with van der Waals surface area (Å²) in [6.45, 7) is 9.35. The average molecular weight is 329 g/mol. The first-order chi connectivity index (χ1) is 10.6. The second-order valence-electron chi connectivity index (χ2n) is 7.48. The minimum Gasteiger partial charge on any atom is -0.131 e. The maximum Gasteiger partial charge on any atom is -0.0122 e. The van der Waals surface area contributed by atoms with Crippen LogP contribution in [0.1, 0.15) is 124 Å². The van der Waals surface area contributed by atoms with E-state index < -0.39 is 0 Å². The summed E-state index contributed by atoms with van der Waals surface area (Å²) in [6, 6.07) is 0. The summed E-state index contributed by atoms with van der Waals surface area (Å²) < 4.78 is 0. The van der Waals surface area contributed by atoms with E-state index in [4.69, 9.17) is 0 Å². The molecule has 22 heavy (non-hydrogen) atoms. The van der Waals surface area contributed by atoms with Gasteiger partial charge in [-0.25, -0.2) is 0 Å². The number of hydrogen-bond acceptors (Lipinski definition) is 0. The van der Waals surface area contributed by atoms with Crippen molar-refractivity contribution in [2.45, 2.75) is 129 Å². The van der Waals surface area contributed by atoms with E-state index in [2.05, 4.69) is 36.9 Å². The molecule has 0 aromatic carbocycles. The second-order valence-corrected chi connectivity index (χ2v) is 8.63. The van der Waals surface area contributed by atoms with Crippen molar-refractivity contribution in [3.8, 4) is 0 Å². The van der Waals surface area contributed by atoms with Crippen LogP contribution in [-0.4, -0.2) is 5.16 Å². The van der Waals surface area contributed by atoms with Crippen LogP contribution < -0.4 is 0 Å². The molecule has 2 atom stereocenters. The fraction of sp³-hybridized carbons (Fsp3) is 1.00. The quantitative estimate of drug-likeness (QED) is 0.198. The first-order valence-corrected chi connectivity index (χ1v) is 11.0. The summed E-state index contributed by atoms with van der Waals surface area (Å²) in [6.07, 6.45) is 21.2. The maximum absolute atomic E-state index is 3.37. The number of rotatable bonds is 16. The van der Waals surface area contributed by atoms with Crippen LogP contribution in [0.2, 0.25) is 0 Å². The molecule has 0 spiro atoms. The summed E-state index contributed by atoms with van der Waals surface area (Å²) in [5, 5.41) is 0.534. The van der Waals surface area contributed by atoms with Crippen molar-refractivity contribution in [2.24, 2.45) is 5.92 Å². The zero-order chi connectivity index (χ0) is 16.7. The molecule has 2 unspecified atom stereocenters. The lowest BCUT2D eigenvalue weighted by Gasteiger charge is -2.39. The maximum atomic E-state index is 3.37. The Morgan fingerprint density at radius 1 is 0.591 bits per heavy atom. The molecule has 0 saturated carbocycles. The van der Waals surface area contributed by atoms with Gasteiger partial charge in [0.25, 0.3) is 0 Å². The zero-order valence-electron chi connectivity index (χ0n) is 16.3. The van der Waals surface area contributed by atoms with Gasteiger partial charge < -0.3 is 0 Å². The molecule has 0 fully saturated rings. The lowest BCUT2D eigenvalue weighted by Crippen LogP contribution is -2.32. The third-order valence-corrected chi connectivity index (χ3v) is 6.40. The Balaban J connectivity index is 4.60. The van der Waals surface area contributed by atoms with Crippen molar-refractivity contribution in [2.75, 3.05) is 0 Å². The van der Waals surface area contributed by atoms with Crippen LogP contribution in [0.25, 0.3) is 0 Å². The van der Waals surface area contributed by atoms with E-state index in [0.29, 0.717) is 5.16 Å². The normalized spacial score (nSPS) is 13.5. The van der Waals surface area contributed by atoms with Crippen molar-refractivity contribution in [3.63, 3.8) is 0 Å². The third-order valence-electron chi connectivity index (χ3n) is 5.35. The highest BCUT2D eigenvalue weighted by Crippen LogP contribution is 2.43. The van der Waals surface area contributed by atoms with E-state index in [1.54, 1.807) is 0 Å². The first-order valence-electron chi connectivity index (χ1n) is 10.4. The van der Waals surface area contributed by atoms with E-state index in [-0.39, 0.29) is 0 Å². The highest BCUT2D eigenvalue weighted by molar-refractivity contribution is 7.19. The highest BCUT2D eigenvalue weighted by Gasteiger charge is 2.32. The molecular weight excluding hydrogens is 283 g/mol. The molecule has 0 aromatic rings. The van der Waals surface area contributed by atoms with Crippen molar-refractivity contribution in [1.82, 2.24) is 0 Å². The van der Waals surface area contributed by atoms with Gasteiger partial charge in [-0.2, -0.15) is 0 Å². The Morgan fingerprint density at radius 3 is 1.55 bits per heavy atom. The Bertz CT molecular complexity index is 214. The minimum atomic E-state index is 0.534. The van der Waals surface area contributed by atoms with Gasteiger partial charge in [0.15, 0.2) is 0 Å². The van der Waals surface area contributed by atoms with Crippen LogP contribution in [0.3, 0.4) is 0 Å². The average Bonchev–Trinajstić information content (AvgIpc) is 2.51. The molecule has 0 heterocycles. The second kappa shape index (κ2) is 15.0. The third kappa shape index (κ3) is 10.3.